The van der Waals surface area contributed by atoms with Crippen LogP contribution in [0.4, 0.5) is 0 Å². The van der Waals surface area contributed by atoms with Gasteiger partial charge in [-0.1, -0.05) is 193 Å². The van der Waals surface area contributed by atoms with Crippen LogP contribution in [0.1, 0.15) is 76.3 Å². The number of halogens is 5. The van der Waals surface area contributed by atoms with E-state index in [2.05, 4.69) is 106 Å². The highest BCUT2D eigenvalue weighted by molar-refractivity contribution is 9.10. The largest absolute Gasteiger partial charge is 0.465 e. The van der Waals surface area contributed by atoms with Gasteiger partial charge >= 0.3 is 0 Å². The Kier molecular flexibility index (Phi) is 16.1. The average molecular weight is 1150 g/mol. The molecule has 1 unspecified atom stereocenters. The van der Waals surface area contributed by atoms with Crippen molar-refractivity contribution in [2.75, 3.05) is 13.3 Å². The fraction of sp³-hybridized carbons (Fsp3) is 0.217. The Labute approximate surface area is 459 Å². The zero-order valence-electron chi connectivity index (χ0n) is 41.8. The topological polar surface area (TPSA) is 61.5 Å². The van der Waals surface area contributed by atoms with Gasteiger partial charge in [-0.3, -0.25) is 0 Å². The second-order valence-corrected chi connectivity index (χ2v) is 28.3. The minimum Gasteiger partial charge on any atom is -0.465 e. The van der Waals surface area contributed by atoms with Gasteiger partial charge in [0.05, 0.1) is 38.8 Å². The van der Waals surface area contributed by atoms with E-state index in [0.717, 1.165) is 82.2 Å². The first kappa shape index (κ1) is 53.0. The molecule has 13 heteroatoms. The van der Waals surface area contributed by atoms with Crippen molar-refractivity contribution < 1.29 is 9.47 Å². The quantitative estimate of drug-likeness (QED) is 0.156. The van der Waals surface area contributed by atoms with Crippen molar-refractivity contribution in [3.63, 3.8) is 0 Å². The lowest BCUT2D eigenvalue weighted by molar-refractivity contribution is 0.173. The molecule has 4 heterocycles. The first-order chi connectivity index (χ1) is 34.8. The minimum atomic E-state index is -0.393. The lowest BCUT2D eigenvalue weighted by Gasteiger charge is -2.33. The van der Waals surface area contributed by atoms with Crippen LogP contribution in [0.25, 0.3) is 33.2 Å². The maximum atomic E-state index is 6.37. The summed E-state index contributed by atoms with van der Waals surface area (Å²) < 4.78 is 15.7. The summed E-state index contributed by atoms with van der Waals surface area (Å²) >= 11 is 28.4. The summed E-state index contributed by atoms with van der Waals surface area (Å²) in [5.74, 6) is 1.54. The number of aromatic nitrogens is 3. The Morgan fingerprint density at radius 2 is 1.04 bits per heavy atom. The number of ether oxygens (including phenoxy) is 2. The zero-order chi connectivity index (χ0) is 51.8. The molecular weight excluding hydrogens is 1090 g/mol. The molecule has 2 aromatic heterocycles. The number of nitrogens with zero attached hydrogens (tertiary/aromatic N) is 4. The molecule has 0 fully saturated rings. The Morgan fingerprint density at radius 1 is 0.548 bits per heavy atom. The highest BCUT2D eigenvalue weighted by atomic mass is 79.9. The van der Waals surface area contributed by atoms with Gasteiger partial charge in [-0.25, -0.2) is 15.0 Å². The first-order valence-corrected chi connectivity index (χ1v) is 29.8. The monoisotopic (exact) mass is 1140 g/mol. The molecular formula is C60H55BrCl4N4O2P2. The predicted octanol–water partition coefficient (Wildman–Crippen LogP) is 18.1. The summed E-state index contributed by atoms with van der Waals surface area (Å²) in [4.78, 5) is 15.0. The highest BCUT2D eigenvalue weighted by Gasteiger charge is 2.33. The van der Waals surface area contributed by atoms with Crippen molar-refractivity contribution in [1.82, 2.24) is 14.5 Å². The minimum absolute atomic E-state index is 0.245. The number of fused-ring (bicyclic) bond motifs is 7. The van der Waals surface area contributed by atoms with Crippen molar-refractivity contribution >= 4 is 117 Å². The fourth-order valence-electron chi connectivity index (χ4n) is 8.50. The summed E-state index contributed by atoms with van der Waals surface area (Å²) in [6.07, 6.45) is -0.00128. The Morgan fingerprint density at radius 3 is 1.63 bits per heavy atom. The van der Waals surface area contributed by atoms with Crippen LogP contribution < -0.4 is 20.3 Å². The third kappa shape index (κ3) is 12.0. The summed E-state index contributed by atoms with van der Waals surface area (Å²) in [5, 5.41) is 4.31. The SMILES string of the molecule is C[P@@](c1nc2ccccc2nc1[P@](C)C(C)(C)C)C(C)(C)C.Clc1ccc(Br)c(CC2=NC(c3ccccc3)Oc3cc(Cl)ccc32)c1.Clc1ccc2c(c1)O[C@@H](c1ccccc1)n1c-2cc2cc(Cl)ccc21. The highest BCUT2D eigenvalue weighted by Crippen LogP contribution is 2.50. The molecule has 0 bridgehead atoms. The molecule has 6 nitrogen and oxygen atoms in total. The first-order valence-electron chi connectivity index (χ1n) is 23.9. The molecule has 0 spiro atoms. The molecule has 73 heavy (non-hydrogen) atoms. The van der Waals surface area contributed by atoms with E-state index in [1.54, 1.807) is 0 Å². The van der Waals surface area contributed by atoms with E-state index in [9.17, 15) is 0 Å². The van der Waals surface area contributed by atoms with Gasteiger partial charge in [0.25, 0.3) is 0 Å². The second-order valence-electron chi connectivity index (χ2n) is 20.0. The standard InChI is InChI=1S/C21H14BrCl2NO.C21H13Cl2NO.C18H28N2P2/c22-18-9-7-15(23)10-14(18)11-19-17-8-6-16(24)12-20(17)26-21(25-19)13-4-2-1-3-5-13;22-15-7-9-18-14(10-15)11-19-17-8-6-16(23)12-20(17)25-21(24(18)19)13-4-2-1-3-5-13;1-17(2,3)21(7)15-16(22(8)18(4,5)6)20-14-12-10-9-11-13(14)19-15/h1-10,12,21H,11H2;1-12,21H;9-12H,1-8H3/t;21-;21-,22-/m.00/s1. The van der Waals surface area contributed by atoms with E-state index in [-0.39, 0.29) is 32.4 Å². The summed E-state index contributed by atoms with van der Waals surface area (Å²) in [6.45, 7) is 18.6. The summed E-state index contributed by atoms with van der Waals surface area (Å²) in [5.41, 5.74) is 12.8. The molecule has 4 atom stereocenters. The van der Waals surface area contributed by atoms with Crippen LogP contribution in [-0.2, 0) is 6.42 Å². The number of hydrogen-bond donors (Lipinski definition) is 0. The normalized spacial score (nSPS) is 15.7. The van der Waals surface area contributed by atoms with Crippen LogP contribution in [-0.4, -0.2) is 43.9 Å². The van der Waals surface area contributed by atoms with Gasteiger partial charge in [0.1, 0.15) is 11.5 Å². The molecule has 372 valence electrons. The molecule has 0 amide bonds. The van der Waals surface area contributed by atoms with Crippen LogP contribution in [0.2, 0.25) is 20.1 Å². The van der Waals surface area contributed by atoms with Crippen molar-refractivity contribution in [3.8, 4) is 22.8 Å². The van der Waals surface area contributed by atoms with Crippen molar-refractivity contribution in [2.24, 2.45) is 4.99 Å². The van der Waals surface area contributed by atoms with Crippen LogP contribution in [0.15, 0.2) is 173 Å². The van der Waals surface area contributed by atoms with Crippen LogP contribution in [0, 0.1) is 0 Å². The molecule has 9 aromatic rings. The molecule has 11 rings (SSSR count). The lowest BCUT2D eigenvalue weighted by Crippen LogP contribution is -2.36. The van der Waals surface area contributed by atoms with Crippen LogP contribution >= 0.6 is 78.2 Å². The summed E-state index contributed by atoms with van der Waals surface area (Å²) in [6, 6.07) is 53.7. The van der Waals surface area contributed by atoms with Gasteiger partial charge < -0.3 is 14.0 Å². The molecule has 2 aliphatic heterocycles. The third-order valence-electron chi connectivity index (χ3n) is 13.0. The van der Waals surface area contributed by atoms with E-state index >= 15 is 0 Å². The lowest BCUT2D eigenvalue weighted by atomic mass is 9.99. The van der Waals surface area contributed by atoms with Gasteiger partial charge in [0.15, 0.2) is 0 Å². The van der Waals surface area contributed by atoms with Crippen molar-refractivity contribution in [1.29, 1.82) is 0 Å². The van der Waals surface area contributed by atoms with Crippen LogP contribution in [0.5, 0.6) is 11.5 Å². The molecule has 0 N–H and O–H groups in total. The Balaban J connectivity index is 0.000000135. The van der Waals surface area contributed by atoms with Gasteiger partial charge in [0, 0.05) is 58.6 Å². The molecule has 2 aliphatic rings. The van der Waals surface area contributed by atoms with E-state index in [1.807, 2.05) is 133 Å². The predicted molar refractivity (Wildman–Crippen MR) is 317 cm³/mol. The summed E-state index contributed by atoms with van der Waals surface area (Å²) in [7, 11) is -0.695. The average Bonchev–Trinajstić information content (AvgIpc) is 3.75. The van der Waals surface area contributed by atoms with Gasteiger partial charge in [-0.05, 0) is 120 Å². The van der Waals surface area contributed by atoms with Gasteiger partial charge in [-0.15, -0.1) is 0 Å². The van der Waals surface area contributed by atoms with Crippen LogP contribution in [0.3, 0.4) is 0 Å². The van der Waals surface area contributed by atoms with E-state index < -0.39 is 6.23 Å². The van der Waals surface area contributed by atoms with E-state index in [1.165, 1.54) is 10.9 Å². The number of benzene rings is 7. The molecule has 0 saturated carbocycles. The maximum Gasteiger partial charge on any atom is 0.216 e. The zero-order valence-corrected chi connectivity index (χ0v) is 48.2. The number of rotatable bonds is 6. The number of aliphatic imine (C=N–C) groups is 1. The number of hydrogen-bond acceptors (Lipinski definition) is 5. The van der Waals surface area contributed by atoms with Gasteiger partial charge in [0.2, 0.25) is 12.5 Å². The molecule has 0 radical (unpaired) electrons. The van der Waals surface area contributed by atoms with E-state index in [4.69, 9.17) is 70.8 Å². The smallest absolute Gasteiger partial charge is 0.216 e. The third-order valence-corrected chi connectivity index (χ3v) is 20.8. The van der Waals surface area contributed by atoms with Crippen molar-refractivity contribution in [2.45, 2.75) is 70.7 Å². The Hall–Kier alpha value is -4.81. The molecule has 7 aromatic carbocycles. The van der Waals surface area contributed by atoms with Gasteiger partial charge in [-0.2, -0.15) is 0 Å². The molecule has 0 aliphatic carbocycles. The van der Waals surface area contributed by atoms with E-state index in [0.29, 0.717) is 21.5 Å². The molecule has 0 saturated heterocycles. The number of para-hydroxylation sites is 2. The maximum absolute atomic E-state index is 6.37. The second kappa shape index (κ2) is 22.2. The Bertz CT molecular complexity index is 3430. The fourth-order valence-corrected chi connectivity index (χ4v) is 13.0. The van der Waals surface area contributed by atoms with Crippen molar-refractivity contribution in [3.05, 3.63) is 211 Å².